The molecule has 0 aromatic heterocycles. The molecule has 0 aromatic rings. The number of methoxy groups -OCH3 is 1. The Bertz CT molecular complexity index is 160. The number of likely N-dealkylation sites (tertiary alicyclic amines) is 1. The van der Waals surface area contributed by atoms with Gasteiger partial charge in [0.1, 0.15) is 6.23 Å². The van der Waals surface area contributed by atoms with E-state index in [-0.39, 0.29) is 12.1 Å². The third-order valence-electron chi connectivity index (χ3n) is 2.11. The van der Waals surface area contributed by atoms with Gasteiger partial charge in [0, 0.05) is 20.1 Å². The van der Waals surface area contributed by atoms with Crippen molar-refractivity contribution in [3.63, 3.8) is 0 Å². The minimum Gasteiger partial charge on any atom is -0.481 e. The van der Waals surface area contributed by atoms with Gasteiger partial charge in [-0.05, 0) is 7.05 Å². The summed E-state index contributed by atoms with van der Waals surface area (Å²) in [5.41, 5.74) is 0. The molecular formula is C7H13NO3. The zero-order chi connectivity index (χ0) is 8.43. The second-order valence-electron chi connectivity index (χ2n) is 2.90. The fraction of sp³-hybridized carbons (Fsp3) is 0.857. The molecule has 0 amide bonds. The topological polar surface area (TPSA) is 49.8 Å². The summed E-state index contributed by atoms with van der Waals surface area (Å²) in [6.07, 6.45) is 0.582. The zero-order valence-corrected chi connectivity index (χ0v) is 6.78. The Hall–Kier alpha value is -0.610. The van der Waals surface area contributed by atoms with Crippen LogP contribution < -0.4 is 0 Å². The van der Waals surface area contributed by atoms with E-state index in [1.165, 1.54) is 0 Å². The molecule has 0 saturated carbocycles. The molecule has 1 saturated heterocycles. The number of carboxylic acids is 1. The minimum absolute atomic E-state index is 0.0175. The van der Waals surface area contributed by atoms with Crippen LogP contribution in [0.15, 0.2) is 0 Å². The van der Waals surface area contributed by atoms with Gasteiger partial charge >= 0.3 is 5.97 Å². The second-order valence-corrected chi connectivity index (χ2v) is 2.90. The van der Waals surface area contributed by atoms with Gasteiger partial charge in [-0.15, -0.1) is 0 Å². The number of aliphatic carboxylic acids is 1. The minimum atomic E-state index is -0.726. The summed E-state index contributed by atoms with van der Waals surface area (Å²) in [4.78, 5) is 12.4. The van der Waals surface area contributed by atoms with Crippen molar-refractivity contribution >= 4 is 5.97 Å². The Labute approximate surface area is 65.8 Å². The fourth-order valence-electron chi connectivity index (χ4n) is 1.42. The van der Waals surface area contributed by atoms with Crippen LogP contribution in [-0.2, 0) is 9.53 Å². The number of ether oxygens (including phenoxy) is 1. The highest BCUT2D eigenvalue weighted by atomic mass is 16.5. The van der Waals surface area contributed by atoms with E-state index in [4.69, 9.17) is 9.84 Å². The third-order valence-corrected chi connectivity index (χ3v) is 2.11. The lowest BCUT2D eigenvalue weighted by molar-refractivity contribution is -0.141. The van der Waals surface area contributed by atoms with E-state index in [0.717, 1.165) is 0 Å². The van der Waals surface area contributed by atoms with Crippen LogP contribution in [0.2, 0.25) is 0 Å². The lowest BCUT2D eigenvalue weighted by Crippen LogP contribution is -2.26. The summed E-state index contributed by atoms with van der Waals surface area (Å²) < 4.78 is 5.07. The monoisotopic (exact) mass is 159 g/mol. The molecule has 0 spiro atoms. The van der Waals surface area contributed by atoms with E-state index in [0.29, 0.717) is 13.0 Å². The van der Waals surface area contributed by atoms with E-state index < -0.39 is 5.97 Å². The summed E-state index contributed by atoms with van der Waals surface area (Å²) in [6.45, 7) is 0.591. The van der Waals surface area contributed by atoms with Crippen LogP contribution in [0.5, 0.6) is 0 Å². The largest absolute Gasteiger partial charge is 0.481 e. The molecule has 1 N–H and O–H groups in total. The molecule has 0 radical (unpaired) electrons. The molecule has 4 nitrogen and oxygen atoms in total. The molecule has 1 fully saturated rings. The van der Waals surface area contributed by atoms with Crippen molar-refractivity contribution in [3.05, 3.63) is 0 Å². The Kier molecular flexibility index (Phi) is 2.46. The van der Waals surface area contributed by atoms with Gasteiger partial charge in [0.2, 0.25) is 0 Å². The van der Waals surface area contributed by atoms with Gasteiger partial charge in [-0.25, -0.2) is 0 Å². The summed E-state index contributed by atoms with van der Waals surface area (Å²) in [5, 5.41) is 8.66. The molecule has 1 unspecified atom stereocenters. The van der Waals surface area contributed by atoms with Crippen molar-refractivity contribution in [2.24, 2.45) is 5.92 Å². The summed E-state index contributed by atoms with van der Waals surface area (Å²) in [7, 11) is 3.47. The molecular weight excluding hydrogens is 146 g/mol. The Morgan fingerprint density at radius 1 is 1.73 bits per heavy atom. The molecule has 0 aromatic carbocycles. The molecule has 2 atom stereocenters. The maximum atomic E-state index is 10.5. The number of rotatable bonds is 2. The first kappa shape index (κ1) is 8.49. The van der Waals surface area contributed by atoms with Gasteiger partial charge in [0.25, 0.3) is 0 Å². The number of hydrogen-bond donors (Lipinski definition) is 1. The van der Waals surface area contributed by atoms with Crippen molar-refractivity contribution in [3.8, 4) is 0 Å². The number of carboxylic acid groups (broad SMARTS) is 1. The third kappa shape index (κ3) is 1.70. The smallest absolute Gasteiger partial charge is 0.307 e. The Balaban J connectivity index is 2.49. The van der Waals surface area contributed by atoms with E-state index in [9.17, 15) is 4.79 Å². The highest BCUT2D eigenvalue weighted by molar-refractivity contribution is 5.70. The maximum Gasteiger partial charge on any atom is 0.307 e. The van der Waals surface area contributed by atoms with E-state index in [1.807, 2.05) is 11.9 Å². The van der Waals surface area contributed by atoms with E-state index >= 15 is 0 Å². The van der Waals surface area contributed by atoms with Crippen LogP contribution in [0.25, 0.3) is 0 Å². The summed E-state index contributed by atoms with van der Waals surface area (Å²) >= 11 is 0. The average Bonchev–Trinajstić information content (AvgIpc) is 2.31. The number of carbonyl (C=O) groups is 1. The van der Waals surface area contributed by atoms with E-state index in [2.05, 4.69) is 0 Å². The summed E-state index contributed by atoms with van der Waals surface area (Å²) in [5.74, 6) is -0.985. The quantitative estimate of drug-likeness (QED) is 0.616. The van der Waals surface area contributed by atoms with Crippen molar-refractivity contribution in [2.75, 3.05) is 20.7 Å². The predicted molar refractivity (Wildman–Crippen MR) is 39.2 cm³/mol. The van der Waals surface area contributed by atoms with E-state index in [1.54, 1.807) is 7.11 Å². The molecule has 11 heavy (non-hydrogen) atoms. The number of hydrogen-bond acceptors (Lipinski definition) is 3. The number of nitrogens with zero attached hydrogens (tertiary/aromatic N) is 1. The van der Waals surface area contributed by atoms with Crippen molar-refractivity contribution in [1.82, 2.24) is 4.90 Å². The average molecular weight is 159 g/mol. The lowest BCUT2D eigenvalue weighted by Gasteiger charge is -2.16. The normalized spacial score (nSPS) is 32.5. The fourth-order valence-corrected chi connectivity index (χ4v) is 1.42. The molecule has 0 aliphatic carbocycles. The molecule has 1 heterocycles. The lowest BCUT2D eigenvalue weighted by atomic mass is 10.1. The van der Waals surface area contributed by atoms with Crippen molar-refractivity contribution < 1.29 is 14.6 Å². The SMILES string of the molecule is COC1C[C@H](C(=O)O)CN1C. The van der Waals surface area contributed by atoms with Crippen LogP contribution in [0.4, 0.5) is 0 Å². The highest BCUT2D eigenvalue weighted by Gasteiger charge is 2.33. The standard InChI is InChI=1S/C7H13NO3/c1-8-4-5(7(9)10)3-6(8)11-2/h5-6H,3-4H2,1-2H3,(H,9,10)/t5-,6?/m0/s1. The van der Waals surface area contributed by atoms with Crippen molar-refractivity contribution in [1.29, 1.82) is 0 Å². The molecule has 1 aliphatic heterocycles. The Morgan fingerprint density at radius 3 is 2.64 bits per heavy atom. The first-order valence-corrected chi connectivity index (χ1v) is 3.61. The van der Waals surface area contributed by atoms with Crippen LogP contribution in [0.3, 0.4) is 0 Å². The van der Waals surface area contributed by atoms with Gasteiger partial charge in [-0.3, -0.25) is 9.69 Å². The summed E-state index contributed by atoms with van der Waals surface area (Å²) in [6, 6.07) is 0. The van der Waals surface area contributed by atoms with Gasteiger partial charge < -0.3 is 9.84 Å². The molecule has 64 valence electrons. The van der Waals surface area contributed by atoms with Gasteiger partial charge in [-0.2, -0.15) is 0 Å². The maximum absolute atomic E-state index is 10.5. The first-order valence-electron chi connectivity index (χ1n) is 3.61. The molecule has 4 heteroatoms. The van der Waals surface area contributed by atoms with Gasteiger partial charge in [-0.1, -0.05) is 0 Å². The zero-order valence-electron chi connectivity index (χ0n) is 6.78. The van der Waals surface area contributed by atoms with Crippen molar-refractivity contribution in [2.45, 2.75) is 12.6 Å². The van der Waals surface area contributed by atoms with Crippen LogP contribution in [-0.4, -0.2) is 42.9 Å². The Morgan fingerprint density at radius 2 is 2.36 bits per heavy atom. The second kappa shape index (κ2) is 3.19. The van der Waals surface area contributed by atoms with Gasteiger partial charge in [0.15, 0.2) is 0 Å². The first-order chi connectivity index (χ1) is 5.15. The van der Waals surface area contributed by atoms with Crippen LogP contribution in [0.1, 0.15) is 6.42 Å². The molecule has 1 rings (SSSR count). The van der Waals surface area contributed by atoms with Crippen LogP contribution >= 0.6 is 0 Å². The molecule has 0 bridgehead atoms. The van der Waals surface area contributed by atoms with Crippen LogP contribution in [0, 0.1) is 5.92 Å². The van der Waals surface area contributed by atoms with Gasteiger partial charge in [0.05, 0.1) is 5.92 Å². The molecule has 1 aliphatic rings. The predicted octanol–water partition coefficient (Wildman–Crippen LogP) is -0.00480. The highest BCUT2D eigenvalue weighted by Crippen LogP contribution is 2.21.